The van der Waals surface area contributed by atoms with Gasteiger partial charge in [-0.3, -0.25) is 0 Å². The Bertz CT molecular complexity index is 7620. The van der Waals surface area contributed by atoms with Gasteiger partial charge in [-0.15, -0.1) is 0 Å². The normalized spacial score (nSPS) is 12.1. The average molecular weight is 1920 g/mol. The zero-order valence-corrected chi connectivity index (χ0v) is 83.9. The molecule has 16 bridgehead atoms. The van der Waals surface area contributed by atoms with Gasteiger partial charge in [0, 0.05) is 146 Å². The van der Waals surface area contributed by atoms with E-state index in [0.717, 1.165) is 236 Å². The fourth-order valence-electron chi connectivity index (χ4n) is 19.1. The maximum atomic E-state index is 5.58. The molecule has 4 aliphatic heterocycles. The molecule has 13 heteroatoms. The highest BCUT2D eigenvalue weighted by Gasteiger charge is 2.24. The first-order chi connectivity index (χ1) is 69.2. The molecule has 4 N–H and O–H groups in total. The SMILES string of the molecule is Cc1ccc(-c2c3nc(c(-c4ccc(C)cc4)c4ccc([nH]4)c(-c4ccc(CSCc5ccc(CSCc6ccc(CSCc7ccc(CSCc8ccc(CSCc9ccc(-c%10c%11nc(c(-c%12ccc(C)cc%12)c%12ccc([nH]%12)c(-c%12ccc(C)cc%12)c%12nc(c(-c%13ccc(C)cc%13)c%13ccc%10[nH]%13)C=C%12)C=C%11)cc9)cc8)cc7)cc6)cc5)cc4)c4nc(c(-c5ccc(C)cc5)c5ccc2[nH]5)C=C4)C=C3)cc1. The van der Waals surface area contributed by atoms with Crippen molar-refractivity contribution in [1.29, 1.82) is 0 Å². The van der Waals surface area contributed by atoms with E-state index in [9.17, 15) is 0 Å². The number of nitrogens with zero attached hydrogens (tertiary/aromatic N) is 4. The van der Waals surface area contributed by atoms with Crippen molar-refractivity contribution in [3.05, 3.63) is 474 Å². The topological polar surface area (TPSA) is 115 Å². The van der Waals surface area contributed by atoms with Crippen LogP contribution in [0.15, 0.2) is 340 Å². The number of aromatic amines is 4. The van der Waals surface area contributed by atoms with Gasteiger partial charge in [0.15, 0.2) is 0 Å². The molecule has 6 aromatic heterocycles. The molecule has 22 rings (SSSR count). The van der Waals surface area contributed by atoms with E-state index in [2.05, 4.69) is 450 Å². The molecule has 0 saturated carbocycles. The van der Waals surface area contributed by atoms with Crippen molar-refractivity contribution in [2.45, 2.75) is 99.1 Å². The average Bonchev–Trinajstić information content (AvgIpc) is 1.62. The Hall–Kier alpha value is -14.4. The van der Waals surface area contributed by atoms with Crippen molar-refractivity contribution < 1.29 is 0 Å². The van der Waals surface area contributed by atoms with Gasteiger partial charge in [0.2, 0.25) is 0 Å². The molecule has 0 radical (unpaired) electrons. The summed E-state index contributed by atoms with van der Waals surface area (Å²) in [6, 6.07) is 126. The second-order valence-electron chi connectivity index (χ2n) is 37.3. The van der Waals surface area contributed by atoms with Crippen LogP contribution < -0.4 is 0 Å². The molecule has 0 spiro atoms. The number of hydrogen-bond acceptors (Lipinski definition) is 9. The molecule has 0 unspecified atom stereocenters. The molecule has 8 nitrogen and oxygen atoms in total. The van der Waals surface area contributed by atoms with Gasteiger partial charge in [0.1, 0.15) is 0 Å². The Morgan fingerprint density at radius 3 is 0.369 bits per heavy atom. The largest absolute Gasteiger partial charge is 0.354 e. The molecule has 0 saturated heterocycles. The number of nitrogens with one attached hydrogen (secondary N) is 4. The summed E-state index contributed by atoms with van der Waals surface area (Å²) in [5, 5.41) is 0. The maximum absolute atomic E-state index is 5.58. The maximum Gasteiger partial charge on any atom is 0.0737 e. The summed E-state index contributed by atoms with van der Waals surface area (Å²) in [5.41, 5.74) is 52.8. The minimum Gasteiger partial charge on any atom is -0.354 e. The molecule has 4 aliphatic rings. The van der Waals surface area contributed by atoms with E-state index < -0.39 is 0 Å². The summed E-state index contributed by atoms with van der Waals surface area (Å²) in [7, 11) is 0. The number of benzene rings is 12. The van der Waals surface area contributed by atoms with Crippen LogP contribution in [0.5, 0.6) is 0 Å². The van der Waals surface area contributed by atoms with Crippen molar-refractivity contribution in [3.63, 3.8) is 0 Å². The molecule has 18 aromatic rings. The van der Waals surface area contributed by atoms with Crippen LogP contribution in [0.4, 0.5) is 0 Å². The van der Waals surface area contributed by atoms with Crippen molar-refractivity contribution >= 4 is 152 Å². The summed E-state index contributed by atoms with van der Waals surface area (Å²) in [4.78, 5) is 37.9. The van der Waals surface area contributed by atoms with E-state index in [1.165, 1.54) is 89.0 Å². The van der Waals surface area contributed by atoms with Crippen molar-refractivity contribution in [3.8, 4) is 89.0 Å². The smallest absolute Gasteiger partial charge is 0.0737 e. The molecule has 0 amide bonds. The highest BCUT2D eigenvalue weighted by atomic mass is 32.2. The second kappa shape index (κ2) is 41.6. The number of thioether (sulfide) groups is 5. The molecule has 0 aliphatic carbocycles. The molecule has 141 heavy (non-hydrogen) atoms. The quantitative estimate of drug-likeness (QED) is 0.0381. The lowest BCUT2D eigenvalue weighted by molar-refractivity contribution is 1.30. The van der Waals surface area contributed by atoms with E-state index in [1.54, 1.807) is 0 Å². The van der Waals surface area contributed by atoms with E-state index in [4.69, 9.17) is 19.9 Å². The van der Waals surface area contributed by atoms with Gasteiger partial charge in [0.25, 0.3) is 0 Å². The van der Waals surface area contributed by atoms with Crippen LogP contribution in [0.2, 0.25) is 0 Å². The van der Waals surface area contributed by atoms with Crippen LogP contribution in [0.3, 0.4) is 0 Å². The lowest BCUT2D eigenvalue weighted by Crippen LogP contribution is -1.90. The Morgan fingerprint density at radius 2 is 0.248 bits per heavy atom. The monoisotopic (exact) mass is 1910 g/mol. The standard InChI is InChI=1S/C128H106N8S5/c1-81-7-39-97(40-8-81)121-105-55-59-109(129-105)123(99-43-11-83(3)12-44-99)113-63-67-117(133-113)127(118-68-64-114(134-118)124(110-60-56-106(121)130-110)100-45-13-84(4)14-46-100)103-51-35-95(36-52-103)79-140-77-93-31-27-91(28-32-93)75-138-73-89-23-19-87(20-24-89)71-137-72-88-21-25-90(26-22-88)74-139-76-92-29-33-94(34-30-92)78-141-80-96-37-53-104(54-38-96)128-119-69-65-115(135-119)125(101-47-15-85(5)16-48-101)111-61-57-107(131-111)122(98-41-9-82(2)10-42-98)108-58-62-112(132-108)126(116-66-70-120(128)136-116)102-49-17-86(6)18-50-102/h7-70,129,131,134,136H,71-80H2,1-6H3. The van der Waals surface area contributed by atoms with Crippen molar-refractivity contribution in [1.82, 2.24) is 39.9 Å². The van der Waals surface area contributed by atoms with Gasteiger partial charge in [-0.25, -0.2) is 19.9 Å². The summed E-state index contributed by atoms with van der Waals surface area (Å²) in [6.07, 6.45) is 17.4. The first-order valence-electron chi connectivity index (χ1n) is 48.4. The summed E-state index contributed by atoms with van der Waals surface area (Å²) < 4.78 is 0. The van der Waals surface area contributed by atoms with Crippen LogP contribution in [0.1, 0.15) is 135 Å². The summed E-state index contributed by atoms with van der Waals surface area (Å²) in [5.74, 6) is 9.60. The zero-order valence-electron chi connectivity index (χ0n) is 79.9. The first kappa shape index (κ1) is 91.7. The molecule has 12 aromatic carbocycles. The first-order valence-corrected chi connectivity index (χ1v) is 54.1. The molecule has 10 heterocycles. The predicted octanol–water partition coefficient (Wildman–Crippen LogP) is 35.0. The third kappa shape index (κ3) is 20.8. The van der Waals surface area contributed by atoms with E-state index in [1.807, 2.05) is 58.8 Å². The Balaban J connectivity index is 0.396. The van der Waals surface area contributed by atoms with Crippen molar-refractivity contribution in [2.24, 2.45) is 0 Å². The van der Waals surface area contributed by atoms with Gasteiger partial charge in [-0.05, 0) is 239 Å². The minimum atomic E-state index is 0.898. The highest BCUT2D eigenvalue weighted by molar-refractivity contribution is 7.98. The van der Waals surface area contributed by atoms with Gasteiger partial charge in [0.05, 0.1) is 45.6 Å². The number of rotatable bonds is 28. The van der Waals surface area contributed by atoms with Crippen LogP contribution in [-0.4, -0.2) is 39.9 Å². The third-order valence-electron chi connectivity index (χ3n) is 26.8. The number of H-pyrrole nitrogens is 4. The molecule has 0 fully saturated rings. The van der Waals surface area contributed by atoms with E-state index in [-0.39, 0.29) is 0 Å². The zero-order chi connectivity index (χ0) is 95.2. The van der Waals surface area contributed by atoms with Gasteiger partial charge >= 0.3 is 0 Å². The summed E-state index contributed by atoms with van der Waals surface area (Å²) in [6.45, 7) is 12.8. The van der Waals surface area contributed by atoms with Crippen LogP contribution in [0.25, 0.3) is 182 Å². The lowest BCUT2D eigenvalue weighted by Gasteiger charge is -2.09. The third-order valence-corrected chi connectivity index (χ3v) is 32.2. The Labute approximate surface area is 846 Å². The molecule has 688 valence electrons. The van der Waals surface area contributed by atoms with Gasteiger partial charge in [-0.1, -0.05) is 325 Å². The number of aryl methyl sites for hydroxylation is 6. The van der Waals surface area contributed by atoms with Crippen LogP contribution in [0, 0.1) is 41.5 Å². The fourth-order valence-corrected chi connectivity index (χ4v) is 23.8. The summed E-state index contributed by atoms with van der Waals surface area (Å²) >= 11 is 9.86. The second-order valence-corrected chi connectivity index (χ2v) is 42.3. The predicted molar refractivity (Wildman–Crippen MR) is 610 cm³/mol. The lowest BCUT2D eigenvalue weighted by atomic mass is 10.0. The van der Waals surface area contributed by atoms with Crippen LogP contribution >= 0.6 is 58.8 Å². The molecule has 0 atom stereocenters. The van der Waals surface area contributed by atoms with E-state index >= 15 is 0 Å². The number of hydrogen-bond donors (Lipinski definition) is 4. The van der Waals surface area contributed by atoms with Crippen molar-refractivity contribution in [2.75, 3.05) is 0 Å². The molecular weight excluding hydrogens is 1810 g/mol. The highest BCUT2D eigenvalue weighted by Crippen LogP contribution is 2.44. The number of fused-ring (bicyclic) bond motifs is 16. The number of aromatic nitrogens is 8. The Kier molecular flexibility index (Phi) is 27.0. The van der Waals surface area contributed by atoms with Gasteiger partial charge in [-0.2, -0.15) is 58.8 Å². The van der Waals surface area contributed by atoms with Gasteiger partial charge < -0.3 is 19.9 Å². The fraction of sp³-hybridized carbons (Fsp3) is 0.125. The van der Waals surface area contributed by atoms with Crippen LogP contribution in [-0.2, 0) is 57.5 Å². The van der Waals surface area contributed by atoms with E-state index in [0.29, 0.717) is 0 Å². The molecular formula is C128H106N8S5. The minimum absolute atomic E-state index is 0.898. The Morgan fingerprint density at radius 1 is 0.142 bits per heavy atom.